The van der Waals surface area contributed by atoms with Crippen LogP contribution < -0.4 is 0 Å². The highest BCUT2D eigenvalue weighted by molar-refractivity contribution is 7.47. The van der Waals surface area contributed by atoms with Gasteiger partial charge in [-0.3, -0.25) is 37.3 Å². The van der Waals surface area contributed by atoms with Gasteiger partial charge in [-0.05, 0) is 37.5 Å². The SMILES string of the molecule is CCCCCCCCCCCCCCCC(=O)O[C@H](COC(=O)CCCCCCCCCCCC(C)C)COP(=O)(O)OC[C@@H](O)COP(=O)(O)OC[C@@H](COC(=O)CCCCCCCCCCC)OC(=O)CCCCCCCCCCCC(C)C. The minimum atomic E-state index is -4.95. The molecule has 0 spiro atoms. The van der Waals surface area contributed by atoms with Gasteiger partial charge in [0.05, 0.1) is 26.4 Å². The molecule has 17 nitrogen and oxygen atoms in total. The molecule has 3 N–H and O–H groups in total. The minimum Gasteiger partial charge on any atom is -0.462 e. The van der Waals surface area contributed by atoms with Gasteiger partial charge in [0.1, 0.15) is 19.3 Å². The number of esters is 4. The molecule has 86 heavy (non-hydrogen) atoms. The van der Waals surface area contributed by atoms with Gasteiger partial charge in [-0.1, -0.05) is 286 Å². The van der Waals surface area contributed by atoms with Gasteiger partial charge in [0.25, 0.3) is 0 Å². The van der Waals surface area contributed by atoms with Crippen molar-refractivity contribution < 1.29 is 80.2 Å². The second-order valence-corrected chi connectivity index (χ2v) is 28.1. The molecule has 0 aromatic rings. The maximum atomic E-state index is 13.0. The minimum absolute atomic E-state index is 0.105. The highest BCUT2D eigenvalue weighted by atomic mass is 31.2. The average Bonchev–Trinajstić information content (AvgIpc) is 3.56. The van der Waals surface area contributed by atoms with E-state index in [1.807, 2.05) is 0 Å². The van der Waals surface area contributed by atoms with Crippen molar-refractivity contribution in [3.05, 3.63) is 0 Å². The van der Waals surface area contributed by atoms with Gasteiger partial charge in [0, 0.05) is 25.7 Å². The van der Waals surface area contributed by atoms with Crippen molar-refractivity contribution in [2.24, 2.45) is 11.8 Å². The molecule has 0 aromatic carbocycles. The van der Waals surface area contributed by atoms with Crippen molar-refractivity contribution in [2.45, 2.75) is 355 Å². The van der Waals surface area contributed by atoms with Crippen molar-refractivity contribution in [1.29, 1.82) is 0 Å². The van der Waals surface area contributed by atoms with Crippen LogP contribution in [0, 0.1) is 11.8 Å². The van der Waals surface area contributed by atoms with Gasteiger partial charge in [-0.25, -0.2) is 9.13 Å². The zero-order chi connectivity index (χ0) is 63.6. The molecule has 0 radical (unpaired) electrons. The normalized spacial score (nSPS) is 14.2. The van der Waals surface area contributed by atoms with Crippen LogP contribution in [0.3, 0.4) is 0 Å². The monoisotopic (exact) mass is 1270 g/mol. The van der Waals surface area contributed by atoms with Crippen molar-refractivity contribution in [2.75, 3.05) is 39.6 Å². The smallest absolute Gasteiger partial charge is 0.462 e. The lowest BCUT2D eigenvalue weighted by molar-refractivity contribution is -0.161. The van der Waals surface area contributed by atoms with Crippen LogP contribution in [0.2, 0.25) is 0 Å². The molecule has 0 aliphatic carbocycles. The lowest BCUT2D eigenvalue weighted by Crippen LogP contribution is -2.30. The first-order chi connectivity index (χ1) is 41.4. The Morgan fingerprint density at radius 3 is 0.791 bits per heavy atom. The summed E-state index contributed by atoms with van der Waals surface area (Å²) < 4.78 is 68.1. The third kappa shape index (κ3) is 60.9. The predicted molar refractivity (Wildman–Crippen MR) is 345 cm³/mol. The van der Waals surface area contributed by atoms with Crippen LogP contribution in [-0.4, -0.2) is 96.7 Å². The number of hydrogen-bond acceptors (Lipinski definition) is 15. The molecular formula is C67H130O17P2. The number of aliphatic hydroxyl groups excluding tert-OH is 1. The molecule has 510 valence electrons. The van der Waals surface area contributed by atoms with Crippen LogP contribution in [0.5, 0.6) is 0 Å². The van der Waals surface area contributed by atoms with Gasteiger partial charge < -0.3 is 33.8 Å². The van der Waals surface area contributed by atoms with Gasteiger partial charge in [-0.2, -0.15) is 0 Å². The molecule has 0 heterocycles. The molecule has 0 aromatic heterocycles. The highest BCUT2D eigenvalue weighted by Gasteiger charge is 2.30. The van der Waals surface area contributed by atoms with Crippen LogP contribution in [0.1, 0.15) is 337 Å². The number of aliphatic hydroxyl groups is 1. The molecule has 0 bridgehead atoms. The summed E-state index contributed by atoms with van der Waals surface area (Å²) in [5.74, 6) is -0.648. The zero-order valence-electron chi connectivity index (χ0n) is 55.6. The van der Waals surface area contributed by atoms with Crippen LogP contribution in [-0.2, 0) is 65.4 Å². The predicted octanol–water partition coefficient (Wildman–Crippen LogP) is 18.8. The Morgan fingerprint density at radius 1 is 0.314 bits per heavy atom. The van der Waals surface area contributed by atoms with Gasteiger partial charge in [0.15, 0.2) is 12.2 Å². The standard InChI is InChI=1S/C67H130O17P2/c1-7-9-11-13-15-17-18-19-20-26-33-39-45-51-66(71)83-63(56-78-65(70)50-44-38-32-27-21-24-29-35-41-47-59(3)4)58-82-86(75,76)80-54-61(68)53-79-85(73,74)81-57-62(55-77-64(69)49-43-37-31-23-16-14-12-10-8-2)84-67(72)52-46-40-34-28-22-25-30-36-42-48-60(5)6/h59-63,68H,7-58H2,1-6H3,(H,73,74)(H,75,76)/t61-,62+,63+/m0/s1. The second-order valence-electron chi connectivity index (χ2n) is 25.2. The van der Waals surface area contributed by atoms with Gasteiger partial charge >= 0.3 is 39.5 Å². The molecule has 0 amide bonds. The third-order valence-electron chi connectivity index (χ3n) is 15.5. The lowest BCUT2D eigenvalue weighted by atomic mass is 10.0. The Bertz CT molecular complexity index is 1680. The van der Waals surface area contributed by atoms with E-state index < -0.39 is 97.5 Å². The molecule has 2 unspecified atom stereocenters. The topological polar surface area (TPSA) is 237 Å². The number of hydrogen-bond donors (Lipinski definition) is 3. The summed E-state index contributed by atoms with van der Waals surface area (Å²) in [6.45, 7) is 9.47. The maximum Gasteiger partial charge on any atom is 0.472 e. The molecule has 0 fully saturated rings. The fourth-order valence-corrected chi connectivity index (χ4v) is 11.6. The number of rotatable bonds is 66. The first kappa shape index (κ1) is 84.1. The fourth-order valence-electron chi connectivity index (χ4n) is 10.1. The molecule has 0 saturated carbocycles. The zero-order valence-corrected chi connectivity index (χ0v) is 57.4. The summed E-state index contributed by atoms with van der Waals surface area (Å²) in [6, 6.07) is 0. The van der Waals surface area contributed by atoms with E-state index >= 15 is 0 Å². The van der Waals surface area contributed by atoms with E-state index in [1.165, 1.54) is 154 Å². The van der Waals surface area contributed by atoms with Crippen LogP contribution in [0.4, 0.5) is 0 Å². The number of unbranched alkanes of at least 4 members (excludes halogenated alkanes) is 36. The molecule has 5 atom stereocenters. The van der Waals surface area contributed by atoms with Gasteiger partial charge in [0.2, 0.25) is 0 Å². The van der Waals surface area contributed by atoms with E-state index in [0.717, 1.165) is 102 Å². The number of carbonyl (C=O) groups excluding carboxylic acids is 4. The molecule has 0 aliphatic rings. The third-order valence-corrected chi connectivity index (χ3v) is 17.4. The van der Waals surface area contributed by atoms with E-state index in [-0.39, 0.29) is 25.7 Å². The van der Waals surface area contributed by atoms with E-state index in [2.05, 4.69) is 41.5 Å². The Morgan fingerprint density at radius 2 is 0.535 bits per heavy atom. The summed E-state index contributed by atoms with van der Waals surface area (Å²) in [4.78, 5) is 72.4. The largest absolute Gasteiger partial charge is 0.472 e. The highest BCUT2D eigenvalue weighted by Crippen LogP contribution is 2.45. The molecule has 0 rings (SSSR count). The Kier molecular flexibility index (Phi) is 58.0. The van der Waals surface area contributed by atoms with Crippen molar-refractivity contribution in [1.82, 2.24) is 0 Å². The van der Waals surface area contributed by atoms with E-state index in [1.54, 1.807) is 0 Å². The lowest BCUT2D eigenvalue weighted by Gasteiger charge is -2.21. The molecule has 0 saturated heterocycles. The van der Waals surface area contributed by atoms with E-state index in [4.69, 9.17) is 37.0 Å². The van der Waals surface area contributed by atoms with Crippen LogP contribution in [0.15, 0.2) is 0 Å². The maximum absolute atomic E-state index is 13.0. The number of ether oxygens (including phenoxy) is 4. The number of phosphoric ester groups is 2. The Labute approximate surface area is 524 Å². The molecular weight excluding hydrogens is 1140 g/mol. The number of carbonyl (C=O) groups is 4. The first-order valence-corrected chi connectivity index (χ1v) is 38.0. The van der Waals surface area contributed by atoms with Gasteiger partial charge in [-0.15, -0.1) is 0 Å². The first-order valence-electron chi connectivity index (χ1n) is 35.0. The van der Waals surface area contributed by atoms with Crippen molar-refractivity contribution in [3.8, 4) is 0 Å². The summed E-state index contributed by atoms with van der Waals surface area (Å²) in [5, 5.41) is 10.6. The summed E-state index contributed by atoms with van der Waals surface area (Å²) >= 11 is 0. The fraction of sp³-hybridized carbons (Fsp3) is 0.940. The van der Waals surface area contributed by atoms with Crippen molar-refractivity contribution >= 4 is 39.5 Å². The van der Waals surface area contributed by atoms with Crippen LogP contribution in [0.25, 0.3) is 0 Å². The van der Waals surface area contributed by atoms with Crippen LogP contribution >= 0.6 is 15.6 Å². The Balaban J connectivity index is 5.25. The van der Waals surface area contributed by atoms with E-state index in [0.29, 0.717) is 25.7 Å². The molecule has 0 aliphatic heterocycles. The van der Waals surface area contributed by atoms with E-state index in [9.17, 15) is 43.2 Å². The van der Waals surface area contributed by atoms with Crippen molar-refractivity contribution in [3.63, 3.8) is 0 Å². The number of phosphoric acid groups is 2. The summed E-state index contributed by atoms with van der Waals surface area (Å²) in [5.41, 5.74) is 0. The summed E-state index contributed by atoms with van der Waals surface area (Å²) in [6.07, 6.45) is 43.0. The Hall–Kier alpha value is -1.94. The summed E-state index contributed by atoms with van der Waals surface area (Å²) in [7, 11) is -9.89. The quantitative estimate of drug-likeness (QED) is 0.0222. The molecule has 19 heteroatoms. The second kappa shape index (κ2) is 59.4. The average molecular weight is 1270 g/mol.